The number of rotatable bonds is 2. The molecule has 0 amide bonds. The Kier molecular flexibility index (Phi) is 3.71. The molecule has 0 bridgehead atoms. The third-order valence-electron chi connectivity index (χ3n) is 8.30. The second-order valence-corrected chi connectivity index (χ2v) is 8.98. The molecule has 4 fully saturated rings. The van der Waals surface area contributed by atoms with E-state index in [-0.39, 0.29) is 10.8 Å². The van der Waals surface area contributed by atoms with Gasteiger partial charge in [0, 0.05) is 37.2 Å². The number of ether oxygens (including phenoxy) is 1. The molecule has 0 aromatic rings. The van der Waals surface area contributed by atoms with E-state index in [1.165, 1.54) is 6.42 Å². The van der Waals surface area contributed by atoms with Crippen molar-refractivity contribution in [3.8, 4) is 0 Å². The summed E-state index contributed by atoms with van der Waals surface area (Å²) in [5, 5.41) is 0. The molecule has 5 unspecified atom stereocenters. The number of carbonyl (C=O) groups is 2. The smallest absolute Gasteiger partial charge is 0.139 e. The molecule has 0 aromatic heterocycles. The molecule has 0 aliphatic heterocycles. The third-order valence-corrected chi connectivity index (χ3v) is 8.30. The summed E-state index contributed by atoms with van der Waals surface area (Å²) in [5.74, 6) is 3.42. The van der Waals surface area contributed by atoms with Crippen LogP contribution >= 0.6 is 0 Å². The summed E-state index contributed by atoms with van der Waals surface area (Å²) < 4.78 is 5.71. The van der Waals surface area contributed by atoms with Crippen molar-refractivity contribution in [3.63, 3.8) is 0 Å². The van der Waals surface area contributed by atoms with E-state index in [9.17, 15) is 9.59 Å². The maximum Gasteiger partial charge on any atom is 0.139 e. The Morgan fingerprint density at radius 2 is 1.87 bits per heavy atom. The van der Waals surface area contributed by atoms with Crippen LogP contribution in [-0.2, 0) is 14.3 Å². The van der Waals surface area contributed by atoms with Crippen LogP contribution in [0.2, 0.25) is 0 Å². The number of hydrogen-bond donors (Lipinski definition) is 0. The van der Waals surface area contributed by atoms with E-state index in [1.807, 2.05) is 7.11 Å². The van der Waals surface area contributed by atoms with E-state index in [0.29, 0.717) is 35.2 Å². The van der Waals surface area contributed by atoms with Crippen molar-refractivity contribution in [3.05, 3.63) is 0 Å². The molecule has 4 saturated carbocycles. The van der Waals surface area contributed by atoms with Crippen molar-refractivity contribution in [2.45, 2.75) is 64.7 Å². The molecule has 3 heteroatoms. The highest BCUT2D eigenvalue weighted by atomic mass is 16.5. The lowest BCUT2D eigenvalue weighted by Crippen LogP contribution is -2.56. The van der Waals surface area contributed by atoms with Crippen LogP contribution in [0.15, 0.2) is 0 Å². The van der Waals surface area contributed by atoms with Gasteiger partial charge in [0.25, 0.3) is 0 Å². The predicted molar refractivity (Wildman–Crippen MR) is 87.9 cm³/mol. The van der Waals surface area contributed by atoms with E-state index in [1.54, 1.807) is 0 Å². The van der Waals surface area contributed by atoms with Gasteiger partial charge in [-0.15, -0.1) is 0 Å². The Balaban J connectivity index is 1.68. The van der Waals surface area contributed by atoms with Gasteiger partial charge >= 0.3 is 0 Å². The lowest BCUT2D eigenvalue weighted by Gasteiger charge is -2.60. The Morgan fingerprint density at radius 3 is 2.65 bits per heavy atom. The van der Waals surface area contributed by atoms with Crippen LogP contribution in [-0.4, -0.2) is 25.3 Å². The lowest BCUT2D eigenvalue weighted by atomic mass is 9.45. The topological polar surface area (TPSA) is 43.4 Å². The number of carbonyl (C=O) groups excluding carboxylic acids is 2. The van der Waals surface area contributed by atoms with Crippen LogP contribution in [0.3, 0.4) is 0 Å². The maximum absolute atomic E-state index is 12.5. The number of hydrogen-bond acceptors (Lipinski definition) is 3. The first kappa shape index (κ1) is 15.8. The van der Waals surface area contributed by atoms with Gasteiger partial charge in [-0.05, 0) is 62.2 Å². The van der Waals surface area contributed by atoms with Gasteiger partial charge < -0.3 is 4.74 Å². The van der Waals surface area contributed by atoms with Gasteiger partial charge in [0.15, 0.2) is 0 Å². The summed E-state index contributed by atoms with van der Waals surface area (Å²) in [6.45, 7) is 3.05. The largest absolute Gasteiger partial charge is 0.384 e. The van der Waals surface area contributed by atoms with Gasteiger partial charge in [0.1, 0.15) is 11.6 Å². The highest BCUT2D eigenvalue weighted by molar-refractivity contribution is 5.87. The van der Waals surface area contributed by atoms with E-state index >= 15 is 0 Å². The molecule has 23 heavy (non-hydrogen) atoms. The average Bonchev–Trinajstić information content (AvgIpc) is 2.84. The zero-order valence-corrected chi connectivity index (χ0v) is 14.6. The fourth-order valence-electron chi connectivity index (χ4n) is 7.17. The summed E-state index contributed by atoms with van der Waals surface area (Å²) in [6, 6.07) is 0. The molecule has 0 saturated heterocycles. The van der Waals surface area contributed by atoms with E-state index in [4.69, 9.17) is 4.74 Å². The van der Waals surface area contributed by atoms with Crippen LogP contribution in [0.1, 0.15) is 64.7 Å². The van der Waals surface area contributed by atoms with Crippen molar-refractivity contribution in [1.29, 1.82) is 0 Å². The van der Waals surface area contributed by atoms with E-state index in [0.717, 1.165) is 58.0 Å². The van der Waals surface area contributed by atoms with Gasteiger partial charge in [-0.2, -0.15) is 0 Å². The molecular weight excluding hydrogens is 288 g/mol. The van der Waals surface area contributed by atoms with Gasteiger partial charge in [-0.1, -0.05) is 6.92 Å². The quantitative estimate of drug-likeness (QED) is 0.778. The number of Topliss-reactive ketones (excluding diaryl/α,β-unsaturated/α-hetero) is 2. The highest BCUT2D eigenvalue weighted by Crippen LogP contribution is 2.65. The lowest BCUT2D eigenvalue weighted by molar-refractivity contribution is -0.157. The third kappa shape index (κ3) is 2.11. The molecule has 0 aromatic carbocycles. The molecule has 6 atom stereocenters. The van der Waals surface area contributed by atoms with Gasteiger partial charge in [0.2, 0.25) is 0 Å². The monoisotopic (exact) mass is 318 g/mol. The highest BCUT2D eigenvalue weighted by Gasteiger charge is 2.61. The molecule has 4 aliphatic carbocycles. The minimum atomic E-state index is -0.0489. The van der Waals surface area contributed by atoms with E-state index in [2.05, 4.69) is 6.92 Å². The molecule has 128 valence electrons. The number of ketones is 2. The van der Waals surface area contributed by atoms with Crippen LogP contribution in [0.4, 0.5) is 0 Å². The van der Waals surface area contributed by atoms with Crippen molar-refractivity contribution in [1.82, 2.24) is 0 Å². The number of methoxy groups -OCH3 is 1. The Morgan fingerprint density at radius 1 is 1.04 bits per heavy atom. The molecular formula is C20H30O3. The molecule has 0 heterocycles. The van der Waals surface area contributed by atoms with Crippen molar-refractivity contribution < 1.29 is 14.3 Å². The molecule has 0 N–H and O–H groups in total. The fraction of sp³-hybridized carbons (Fsp3) is 0.900. The Hall–Kier alpha value is -0.700. The molecule has 0 spiro atoms. The molecule has 4 rings (SSSR count). The van der Waals surface area contributed by atoms with Crippen LogP contribution < -0.4 is 0 Å². The molecule has 4 aliphatic rings. The zero-order valence-electron chi connectivity index (χ0n) is 14.6. The second kappa shape index (κ2) is 5.40. The molecule has 3 nitrogen and oxygen atoms in total. The van der Waals surface area contributed by atoms with Crippen molar-refractivity contribution >= 4 is 11.6 Å². The summed E-state index contributed by atoms with van der Waals surface area (Å²) in [4.78, 5) is 24.5. The Labute approximate surface area is 139 Å². The zero-order chi connectivity index (χ0) is 16.2. The summed E-state index contributed by atoms with van der Waals surface area (Å²) in [6.07, 6.45) is 9.03. The first-order valence-corrected chi connectivity index (χ1v) is 9.55. The summed E-state index contributed by atoms with van der Waals surface area (Å²) >= 11 is 0. The first-order valence-electron chi connectivity index (χ1n) is 9.55. The average molecular weight is 318 g/mol. The summed E-state index contributed by atoms with van der Waals surface area (Å²) in [7, 11) is 1.82. The van der Waals surface area contributed by atoms with Gasteiger partial charge in [0.05, 0.1) is 6.61 Å². The van der Waals surface area contributed by atoms with Gasteiger partial charge in [-0.3, -0.25) is 9.59 Å². The maximum atomic E-state index is 12.5. The first-order chi connectivity index (χ1) is 11.0. The SMILES string of the molecule is COCC12CCC(=O)CC1CC[C@H]1C3CCC(=O)C3(C)CCC12. The normalized spacial score (nSPS) is 49.5. The van der Waals surface area contributed by atoms with Crippen LogP contribution in [0.25, 0.3) is 0 Å². The van der Waals surface area contributed by atoms with Crippen molar-refractivity contribution in [2.75, 3.05) is 13.7 Å². The summed E-state index contributed by atoms with van der Waals surface area (Å²) in [5.41, 5.74) is 0.158. The van der Waals surface area contributed by atoms with Gasteiger partial charge in [-0.25, -0.2) is 0 Å². The van der Waals surface area contributed by atoms with Crippen molar-refractivity contribution in [2.24, 2.45) is 34.5 Å². The van der Waals surface area contributed by atoms with Crippen LogP contribution in [0, 0.1) is 34.5 Å². The van der Waals surface area contributed by atoms with Crippen LogP contribution in [0.5, 0.6) is 0 Å². The molecule has 0 radical (unpaired) electrons. The predicted octanol–water partition coefficient (Wildman–Crippen LogP) is 3.79. The second-order valence-electron chi connectivity index (χ2n) is 8.98. The fourth-order valence-corrected chi connectivity index (χ4v) is 7.17. The Bertz CT molecular complexity index is 527. The number of fused-ring (bicyclic) bond motifs is 5. The van der Waals surface area contributed by atoms with E-state index < -0.39 is 0 Å². The minimum absolute atomic E-state index is 0.0489. The minimum Gasteiger partial charge on any atom is -0.384 e. The standard InChI is InChI=1S/C20H30O3/c1-19-9-8-17-15(16(19)5-6-18(19)22)4-3-13-11-14(21)7-10-20(13,17)12-23-2/h13,15-17H,3-12H2,1-2H3/t13?,15-,16?,17?,19?,20?/m0/s1.